The number of rotatable bonds is 5. The average molecular weight is 416 g/mol. The van der Waals surface area contributed by atoms with Crippen molar-refractivity contribution in [3.05, 3.63) is 40.9 Å². The summed E-state index contributed by atoms with van der Waals surface area (Å²) in [5, 5.41) is 6.32. The first kappa shape index (κ1) is 19.4. The predicted octanol–water partition coefficient (Wildman–Crippen LogP) is 3.60. The van der Waals surface area contributed by atoms with Gasteiger partial charge in [-0.1, -0.05) is 17.7 Å². The second-order valence-electron chi connectivity index (χ2n) is 6.98. The van der Waals surface area contributed by atoms with Crippen LogP contribution in [-0.4, -0.2) is 38.1 Å². The first-order valence-electron chi connectivity index (χ1n) is 9.56. The van der Waals surface area contributed by atoms with Crippen LogP contribution in [0, 0.1) is 6.92 Å². The molecule has 2 heterocycles. The second kappa shape index (κ2) is 8.21. The minimum atomic E-state index is -0.245. The Balaban J connectivity index is 1.42. The van der Waals surface area contributed by atoms with Gasteiger partial charge < -0.3 is 25.0 Å². The Morgan fingerprint density at radius 2 is 1.93 bits per heavy atom. The van der Waals surface area contributed by atoms with Crippen LogP contribution in [0.4, 0.5) is 17.1 Å². The Morgan fingerprint density at radius 3 is 2.66 bits per heavy atom. The maximum atomic E-state index is 12.4. The zero-order valence-electron chi connectivity index (χ0n) is 16.1. The van der Waals surface area contributed by atoms with Crippen LogP contribution in [0.25, 0.3) is 0 Å². The highest BCUT2D eigenvalue weighted by Crippen LogP contribution is 2.38. The summed E-state index contributed by atoms with van der Waals surface area (Å²) in [6.07, 6.45) is 1.45. The number of fused-ring (bicyclic) bond motifs is 1. The maximum Gasteiger partial charge on any atom is 0.243 e. The smallest absolute Gasteiger partial charge is 0.243 e. The van der Waals surface area contributed by atoms with Crippen molar-refractivity contribution >= 4 is 40.5 Å². The zero-order valence-corrected chi connectivity index (χ0v) is 16.8. The number of carbonyl (C=O) groups excluding carboxylic acids is 2. The van der Waals surface area contributed by atoms with Gasteiger partial charge in [-0.25, -0.2) is 0 Å². The van der Waals surface area contributed by atoms with E-state index in [1.54, 1.807) is 17.0 Å². The average Bonchev–Trinajstić information content (AvgIpc) is 3.13. The topological polar surface area (TPSA) is 79.9 Å². The first-order valence-corrected chi connectivity index (χ1v) is 9.93. The lowest BCUT2D eigenvalue weighted by molar-refractivity contribution is -0.117. The van der Waals surface area contributed by atoms with E-state index in [-0.39, 0.29) is 18.4 Å². The summed E-state index contributed by atoms with van der Waals surface area (Å²) in [6, 6.07) is 9.01. The van der Waals surface area contributed by atoms with Crippen molar-refractivity contribution in [3.8, 4) is 11.5 Å². The molecule has 0 bridgehead atoms. The van der Waals surface area contributed by atoms with Crippen molar-refractivity contribution in [2.45, 2.75) is 19.8 Å². The van der Waals surface area contributed by atoms with Crippen LogP contribution in [-0.2, 0) is 9.59 Å². The van der Waals surface area contributed by atoms with Gasteiger partial charge in [-0.15, -0.1) is 0 Å². The third-order valence-electron chi connectivity index (χ3n) is 5.01. The Labute approximate surface area is 173 Å². The second-order valence-corrected chi connectivity index (χ2v) is 7.38. The van der Waals surface area contributed by atoms with Gasteiger partial charge in [-0.2, -0.15) is 0 Å². The van der Waals surface area contributed by atoms with E-state index in [9.17, 15) is 9.59 Å². The molecule has 0 unspecified atom stereocenters. The molecule has 0 aliphatic carbocycles. The maximum absolute atomic E-state index is 12.4. The number of amides is 2. The van der Waals surface area contributed by atoms with Crippen molar-refractivity contribution in [2.24, 2.45) is 0 Å². The van der Waals surface area contributed by atoms with E-state index < -0.39 is 0 Å². The molecule has 1 fully saturated rings. The van der Waals surface area contributed by atoms with E-state index in [1.165, 1.54) is 0 Å². The first-order chi connectivity index (χ1) is 14.0. The molecule has 4 rings (SSSR count). The number of benzene rings is 2. The van der Waals surface area contributed by atoms with Gasteiger partial charge >= 0.3 is 0 Å². The molecule has 2 aliphatic rings. The van der Waals surface area contributed by atoms with Crippen LogP contribution in [0.1, 0.15) is 18.4 Å². The number of nitrogens with zero attached hydrogens (tertiary/aromatic N) is 1. The minimum absolute atomic E-state index is 0.0585. The lowest BCUT2D eigenvalue weighted by atomic mass is 10.1. The summed E-state index contributed by atoms with van der Waals surface area (Å²) in [7, 11) is 0. The van der Waals surface area contributed by atoms with Crippen LogP contribution in [0.2, 0.25) is 5.02 Å². The summed E-state index contributed by atoms with van der Waals surface area (Å²) in [5.41, 5.74) is 3.10. The van der Waals surface area contributed by atoms with E-state index in [1.807, 2.05) is 25.1 Å². The van der Waals surface area contributed by atoms with Gasteiger partial charge in [0.25, 0.3) is 0 Å². The molecule has 0 aromatic heterocycles. The number of carbonyl (C=O) groups is 2. The van der Waals surface area contributed by atoms with Gasteiger partial charge in [0.05, 0.1) is 17.3 Å². The number of hydrogen-bond acceptors (Lipinski definition) is 5. The van der Waals surface area contributed by atoms with Crippen molar-refractivity contribution in [2.75, 3.05) is 41.8 Å². The predicted molar refractivity (Wildman–Crippen MR) is 112 cm³/mol. The molecule has 1 saturated heterocycles. The normalized spacial score (nSPS) is 15.4. The van der Waals surface area contributed by atoms with Gasteiger partial charge in [0.15, 0.2) is 11.5 Å². The van der Waals surface area contributed by atoms with E-state index >= 15 is 0 Å². The molecular weight excluding hydrogens is 394 g/mol. The fourth-order valence-corrected chi connectivity index (χ4v) is 3.74. The number of anilines is 3. The van der Waals surface area contributed by atoms with Gasteiger partial charge in [0.2, 0.25) is 11.8 Å². The van der Waals surface area contributed by atoms with Gasteiger partial charge in [-0.05, 0) is 31.0 Å². The molecule has 7 nitrogen and oxygen atoms in total. The largest absolute Gasteiger partial charge is 0.486 e. The summed E-state index contributed by atoms with van der Waals surface area (Å²) < 4.78 is 11.0. The number of ether oxygens (including phenoxy) is 2. The monoisotopic (exact) mass is 415 g/mol. The van der Waals surface area contributed by atoms with E-state index in [2.05, 4.69) is 10.6 Å². The van der Waals surface area contributed by atoms with Gasteiger partial charge in [-0.3, -0.25) is 9.59 Å². The van der Waals surface area contributed by atoms with Crippen molar-refractivity contribution in [1.82, 2.24) is 0 Å². The zero-order chi connectivity index (χ0) is 20.4. The molecule has 0 spiro atoms. The molecular formula is C21H22ClN3O4. The molecule has 152 valence electrons. The van der Waals surface area contributed by atoms with Gasteiger partial charge in [0, 0.05) is 36.5 Å². The quantitative estimate of drug-likeness (QED) is 0.780. The third kappa shape index (κ3) is 4.10. The number of hydrogen-bond donors (Lipinski definition) is 2. The van der Waals surface area contributed by atoms with Crippen molar-refractivity contribution < 1.29 is 19.1 Å². The van der Waals surface area contributed by atoms with Crippen LogP contribution < -0.4 is 25.0 Å². The fourth-order valence-electron chi connectivity index (χ4n) is 3.54. The number of nitrogens with one attached hydrogen (secondary N) is 2. The highest BCUT2D eigenvalue weighted by atomic mass is 35.5. The van der Waals surface area contributed by atoms with E-state index in [0.29, 0.717) is 41.8 Å². The Kier molecular flexibility index (Phi) is 5.49. The van der Waals surface area contributed by atoms with Crippen molar-refractivity contribution in [3.63, 3.8) is 0 Å². The Morgan fingerprint density at radius 1 is 1.17 bits per heavy atom. The summed E-state index contributed by atoms with van der Waals surface area (Å²) in [5.74, 6) is 1.02. The van der Waals surface area contributed by atoms with E-state index in [4.69, 9.17) is 21.1 Å². The van der Waals surface area contributed by atoms with Crippen LogP contribution >= 0.6 is 11.6 Å². The third-order valence-corrected chi connectivity index (χ3v) is 5.33. The van der Waals surface area contributed by atoms with Crippen LogP contribution in [0.3, 0.4) is 0 Å². The molecule has 0 radical (unpaired) electrons. The number of halogens is 1. The molecule has 0 atom stereocenters. The molecule has 2 aliphatic heterocycles. The lowest BCUT2D eigenvalue weighted by Crippen LogP contribution is -2.25. The van der Waals surface area contributed by atoms with Crippen LogP contribution in [0.5, 0.6) is 11.5 Å². The lowest BCUT2D eigenvalue weighted by Gasteiger charge is -2.21. The van der Waals surface area contributed by atoms with Gasteiger partial charge in [0.1, 0.15) is 13.2 Å². The minimum Gasteiger partial charge on any atom is -0.486 e. The molecule has 2 amide bonds. The highest BCUT2D eigenvalue weighted by Gasteiger charge is 2.23. The molecule has 0 saturated carbocycles. The standard InChI is InChI=1S/C21H22ClN3O4/c1-13-15(4-2-5-17(13)25-7-3-6-21(25)27)23-12-20(26)24-16-11-19-18(10-14(16)22)28-8-9-29-19/h2,4-5,10-11,23H,3,6-9,12H2,1H3,(H,24,26). The summed E-state index contributed by atoms with van der Waals surface area (Å²) in [4.78, 5) is 26.3. The molecule has 2 aromatic rings. The van der Waals surface area contributed by atoms with Crippen molar-refractivity contribution in [1.29, 1.82) is 0 Å². The highest BCUT2D eigenvalue weighted by molar-refractivity contribution is 6.34. The Hall–Kier alpha value is -2.93. The molecule has 2 N–H and O–H groups in total. The Bertz CT molecular complexity index is 963. The molecule has 2 aromatic carbocycles. The summed E-state index contributed by atoms with van der Waals surface area (Å²) >= 11 is 6.25. The molecule has 8 heteroatoms. The molecule has 29 heavy (non-hydrogen) atoms. The SMILES string of the molecule is Cc1c(NCC(=O)Nc2cc3c(cc2Cl)OCCO3)cccc1N1CCCC1=O. The summed E-state index contributed by atoms with van der Waals surface area (Å²) in [6.45, 7) is 3.66. The van der Waals surface area contributed by atoms with E-state index in [0.717, 1.165) is 29.9 Å². The fraction of sp³-hybridized carbons (Fsp3) is 0.333. The van der Waals surface area contributed by atoms with Crippen LogP contribution in [0.15, 0.2) is 30.3 Å².